The van der Waals surface area contributed by atoms with E-state index in [0.717, 1.165) is 25.0 Å². The highest BCUT2D eigenvalue weighted by atomic mass is 16.5. The zero-order valence-electron chi connectivity index (χ0n) is 13.1. The third-order valence-corrected chi connectivity index (χ3v) is 4.49. The smallest absolute Gasteiger partial charge is 0.0469 e. The lowest BCUT2D eigenvalue weighted by molar-refractivity contribution is 0.0466. The summed E-state index contributed by atoms with van der Waals surface area (Å²) in [6, 6.07) is 0. The fourth-order valence-corrected chi connectivity index (χ4v) is 3.12. The molecule has 1 N–H and O–H groups in total. The molecule has 2 aliphatic heterocycles. The van der Waals surface area contributed by atoms with Crippen LogP contribution >= 0.6 is 0 Å². The van der Waals surface area contributed by atoms with E-state index in [1.807, 2.05) is 0 Å². The second-order valence-corrected chi connectivity index (χ2v) is 7.43. The third-order valence-electron chi connectivity index (χ3n) is 4.49. The Morgan fingerprint density at radius 1 is 1.00 bits per heavy atom. The monoisotopic (exact) mass is 268 g/mol. The van der Waals surface area contributed by atoms with Crippen LogP contribution in [0, 0.1) is 11.8 Å². The molecule has 0 spiro atoms. The van der Waals surface area contributed by atoms with Gasteiger partial charge in [0.25, 0.3) is 0 Å². The van der Waals surface area contributed by atoms with Crippen molar-refractivity contribution in [3.8, 4) is 0 Å². The maximum Gasteiger partial charge on any atom is 0.0469 e. The first-order valence-corrected chi connectivity index (χ1v) is 8.08. The highest BCUT2D eigenvalue weighted by molar-refractivity contribution is 4.79. The number of rotatable bonds is 4. The molecule has 0 aromatic heterocycles. The topological polar surface area (TPSA) is 24.5 Å². The van der Waals surface area contributed by atoms with E-state index >= 15 is 0 Å². The summed E-state index contributed by atoms with van der Waals surface area (Å²) >= 11 is 0. The molecule has 2 saturated heterocycles. The van der Waals surface area contributed by atoms with Gasteiger partial charge < -0.3 is 15.0 Å². The van der Waals surface area contributed by atoms with Gasteiger partial charge in [-0.05, 0) is 77.9 Å². The van der Waals surface area contributed by atoms with Gasteiger partial charge in [-0.2, -0.15) is 0 Å². The minimum absolute atomic E-state index is 0.263. The molecule has 2 aliphatic rings. The van der Waals surface area contributed by atoms with Crippen molar-refractivity contribution in [2.24, 2.45) is 11.8 Å². The molecule has 2 rings (SSSR count). The summed E-state index contributed by atoms with van der Waals surface area (Å²) in [6.45, 7) is 13.8. The van der Waals surface area contributed by atoms with Gasteiger partial charge >= 0.3 is 0 Å². The Hall–Kier alpha value is -0.120. The summed E-state index contributed by atoms with van der Waals surface area (Å²) in [6.07, 6.45) is 5.27. The first kappa shape index (κ1) is 15.3. The molecule has 0 bridgehead atoms. The van der Waals surface area contributed by atoms with Crippen molar-refractivity contribution in [3.05, 3.63) is 0 Å². The molecule has 0 amide bonds. The lowest BCUT2D eigenvalue weighted by Gasteiger charge is -2.36. The molecule has 0 atom stereocenters. The second-order valence-electron chi connectivity index (χ2n) is 7.43. The van der Waals surface area contributed by atoms with Gasteiger partial charge in [0.1, 0.15) is 0 Å². The molecule has 2 fully saturated rings. The van der Waals surface area contributed by atoms with E-state index in [4.69, 9.17) is 4.74 Å². The average molecular weight is 268 g/mol. The number of hydrogen-bond acceptors (Lipinski definition) is 3. The van der Waals surface area contributed by atoms with E-state index in [1.54, 1.807) is 0 Å². The van der Waals surface area contributed by atoms with Crippen molar-refractivity contribution < 1.29 is 4.74 Å². The summed E-state index contributed by atoms with van der Waals surface area (Å²) in [4.78, 5) is 2.68. The van der Waals surface area contributed by atoms with Crippen LogP contribution in [0.4, 0.5) is 0 Å². The molecule has 112 valence electrons. The molecule has 2 heterocycles. The SMILES string of the molecule is CC(C)(C)NCC1CCN(CC2CCOCC2)CC1. The highest BCUT2D eigenvalue weighted by Gasteiger charge is 2.23. The number of piperidine rings is 1. The van der Waals surface area contributed by atoms with E-state index in [0.29, 0.717) is 0 Å². The Kier molecular flexibility index (Phi) is 5.67. The molecule has 0 aliphatic carbocycles. The average Bonchev–Trinajstić information content (AvgIpc) is 2.38. The van der Waals surface area contributed by atoms with E-state index in [-0.39, 0.29) is 5.54 Å². The number of likely N-dealkylation sites (tertiary alicyclic amines) is 1. The molecule has 3 nitrogen and oxygen atoms in total. The van der Waals surface area contributed by atoms with Gasteiger partial charge in [-0.3, -0.25) is 0 Å². The molecular weight excluding hydrogens is 236 g/mol. The van der Waals surface area contributed by atoms with Crippen molar-refractivity contribution >= 4 is 0 Å². The van der Waals surface area contributed by atoms with Gasteiger partial charge in [-0.25, -0.2) is 0 Å². The quantitative estimate of drug-likeness (QED) is 0.848. The molecule has 19 heavy (non-hydrogen) atoms. The Labute approximate surface area is 119 Å². The Morgan fingerprint density at radius 3 is 2.21 bits per heavy atom. The van der Waals surface area contributed by atoms with Crippen LogP contribution in [0.5, 0.6) is 0 Å². The van der Waals surface area contributed by atoms with Crippen LogP contribution in [0.1, 0.15) is 46.5 Å². The maximum atomic E-state index is 5.44. The van der Waals surface area contributed by atoms with Gasteiger partial charge in [0.15, 0.2) is 0 Å². The first-order chi connectivity index (χ1) is 9.03. The normalized spacial score (nSPS) is 24.8. The molecule has 3 heteroatoms. The Bertz CT molecular complexity index is 248. The van der Waals surface area contributed by atoms with Gasteiger partial charge in [-0.15, -0.1) is 0 Å². The molecular formula is C16H32N2O. The van der Waals surface area contributed by atoms with Gasteiger partial charge in [0.05, 0.1) is 0 Å². The predicted molar refractivity (Wildman–Crippen MR) is 80.5 cm³/mol. The minimum atomic E-state index is 0.263. The van der Waals surface area contributed by atoms with E-state index < -0.39 is 0 Å². The van der Waals surface area contributed by atoms with E-state index in [9.17, 15) is 0 Å². The van der Waals surface area contributed by atoms with Crippen LogP contribution in [0.3, 0.4) is 0 Å². The number of nitrogens with zero attached hydrogens (tertiary/aromatic N) is 1. The Balaban J connectivity index is 1.62. The van der Waals surface area contributed by atoms with Crippen LogP contribution in [-0.4, -0.2) is 49.8 Å². The van der Waals surface area contributed by atoms with E-state index in [1.165, 1.54) is 51.9 Å². The van der Waals surface area contributed by atoms with E-state index in [2.05, 4.69) is 31.0 Å². The lowest BCUT2D eigenvalue weighted by atomic mass is 9.93. The lowest BCUT2D eigenvalue weighted by Crippen LogP contribution is -2.44. The Morgan fingerprint density at radius 2 is 1.63 bits per heavy atom. The summed E-state index contributed by atoms with van der Waals surface area (Å²) in [5.41, 5.74) is 0.263. The largest absolute Gasteiger partial charge is 0.381 e. The van der Waals surface area contributed by atoms with Crippen molar-refractivity contribution in [2.75, 3.05) is 39.4 Å². The zero-order chi connectivity index (χ0) is 13.7. The minimum Gasteiger partial charge on any atom is -0.381 e. The summed E-state index contributed by atoms with van der Waals surface area (Å²) in [7, 11) is 0. The fraction of sp³-hybridized carbons (Fsp3) is 1.00. The summed E-state index contributed by atoms with van der Waals surface area (Å²) < 4.78 is 5.44. The number of hydrogen-bond donors (Lipinski definition) is 1. The molecule has 0 aromatic rings. The third kappa shape index (κ3) is 5.80. The van der Waals surface area contributed by atoms with Crippen LogP contribution in [0.25, 0.3) is 0 Å². The predicted octanol–water partition coefficient (Wildman–Crippen LogP) is 2.51. The van der Waals surface area contributed by atoms with Crippen molar-refractivity contribution in [1.29, 1.82) is 0 Å². The fourth-order valence-electron chi connectivity index (χ4n) is 3.12. The van der Waals surface area contributed by atoms with Crippen LogP contribution in [0.2, 0.25) is 0 Å². The van der Waals surface area contributed by atoms with Crippen LogP contribution < -0.4 is 5.32 Å². The van der Waals surface area contributed by atoms with Gasteiger partial charge in [0.2, 0.25) is 0 Å². The van der Waals surface area contributed by atoms with Crippen LogP contribution in [-0.2, 0) is 4.74 Å². The van der Waals surface area contributed by atoms with Crippen molar-refractivity contribution in [2.45, 2.75) is 52.0 Å². The van der Waals surface area contributed by atoms with Crippen molar-refractivity contribution in [1.82, 2.24) is 10.2 Å². The number of ether oxygens (including phenoxy) is 1. The summed E-state index contributed by atoms with van der Waals surface area (Å²) in [5, 5.41) is 3.65. The molecule has 0 saturated carbocycles. The standard InChI is InChI=1S/C16H32N2O/c1-16(2,3)17-12-14-4-8-18(9-5-14)13-15-6-10-19-11-7-15/h14-15,17H,4-13H2,1-3H3. The second kappa shape index (κ2) is 7.05. The van der Waals surface area contributed by atoms with Crippen molar-refractivity contribution in [3.63, 3.8) is 0 Å². The molecule has 0 unspecified atom stereocenters. The molecule has 0 aromatic carbocycles. The van der Waals surface area contributed by atoms with Gasteiger partial charge in [-0.1, -0.05) is 0 Å². The maximum absolute atomic E-state index is 5.44. The molecule has 0 radical (unpaired) electrons. The first-order valence-electron chi connectivity index (χ1n) is 8.08. The summed E-state index contributed by atoms with van der Waals surface area (Å²) in [5.74, 6) is 1.77. The van der Waals surface area contributed by atoms with Gasteiger partial charge in [0, 0.05) is 25.3 Å². The zero-order valence-corrected chi connectivity index (χ0v) is 13.1. The van der Waals surface area contributed by atoms with Crippen LogP contribution in [0.15, 0.2) is 0 Å². The number of nitrogens with one attached hydrogen (secondary N) is 1. The highest BCUT2D eigenvalue weighted by Crippen LogP contribution is 2.21.